The fraction of sp³-hybridized carbons (Fsp3) is 0.154. The molecule has 0 spiro atoms. The molecule has 0 bridgehead atoms. The molecule has 1 atom stereocenters. The maximum absolute atomic E-state index is 12.4. The number of para-hydroxylation sites is 1. The zero-order valence-corrected chi connectivity index (χ0v) is 12.3. The number of carbonyl (C=O) groups is 1. The third-order valence-electron chi connectivity index (χ3n) is 2.90. The van der Waals surface area contributed by atoms with Crippen molar-refractivity contribution in [1.29, 1.82) is 0 Å². The third kappa shape index (κ3) is 1.98. The molecule has 0 N–H and O–H groups in total. The third-order valence-corrected chi connectivity index (χ3v) is 5.39. The van der Waals surface area contributed by atoms with Crippen molar-refractivity contribution in [2.75, 3.05) is 6.61 Å². The molecule has 92 valence electrons. The summed E-state index contributed by atoms with van der Waals surface area (Å²) in [6.45, 7) is 0.408. The molecule has 1 aliphatic heterocycles. The molecule has 0 amide bonds. The molecular formula is C13H8BrClO2S. The molecule has 0 radical (unpaired) electrons. The van der Waals surface area contributed by atoms with Crippen LogP contribution in [0.4, 0.5) is 0 Å². The average Bonchev–Trinajstić information content (AvgIpc) is 2.93. The number of benzene rings is 1. The topological polar surface area (TPSA) is 26.3 Å². The van der Waals surface area contributed by atoms with Crippen LogP contribution in [0.2, 0.25) is 5.02 Å². The molecule has 2 heterocycles. The summed E-state index contributed by atoms with van der Waals surface area (Å²) in [6, 6.07) is 9.37. The molecule has 1 aliphatic rings. The van der Waals surface area contributed by atoms with Gasteiger partial charge in [0.2, 0.25) is 0 Å². The minimum atomic E-state index is -0.220. The maximum Gasteiger partial charge on any atom is 0.183 e. The van der Waals surface area contributed by atoms with Crippen molar-refractivity contribution in [3.63, 3.8) is 0 Å². The predicted molar refractivity (Wildman–Crippen MR) is 76.0 cm³/mol. The largest absolute Gasteiger partial charge is 0.492 e. The first-order valence-corrected chi connectivity index (χ1v) is 7.36. The molecule has 18 heavy (non-hydrogen) atoms. The molecule has 1 aromatic carbocycles. The van der Waals surface area contributed by atoms with Crippen molar-refractivity contribution in [2.45, 2.75) is 5.92 Å². The van der Waals surface area contributed by atoms with E-state index in [0.29, 0.717) is 16.5 Å². The van der Waals surface area contributed by atoms with Crippen LogP contribution in [0.1, 0.15) is 21.2 Å². The van der Waals surface area contributed by atoms with Gasteiger partial charge in [0.25, 0.3) is 0 Å². The van der Waals surface area contributed by atoms with Crippen LogP contribution in [0.5, 0.6) is 5.75 Å². The highest BCUT2D eigenvalue weighted by atomic mass is 79.9. The number of rotatable bonds is 2. The molecule has 0 fully saturated rings. The zero-order valence-electron chi connectivity index (χ0n) is 9.15. The molecule has 0 saturated carbocycles. The summed E-state index contributed by atoms with van der Waals surface area (Å²) in [6.07, 6.45) is 0. The first kappa shape index (κ1) is 12.2. The standard InChI is InChI=1S/C13H8BrClO2S/c14-13-9(15)5-11(18-13)12(16)8-6-17-10-4-2-1-3-7(8)10/h1-5,8H,6H2. The Labute approximate surface area is 122 Å². The summed E-state index contributed by atoms with van der Waals surface area (Å²) in [5.41, 5.74) is 0.961. The summed E-state index contributed by atoms with van der Waals surface area (Å²) in [4.78, 5) is 13.1. The fourth-order valence-electron chi connectivity index (χ4n) is 2.02. The lowest BCUT2D eigenvalue weighted by Crippen LogP contribution is -2.12. The van der Waals surface area contributed by atoms with Gasteiger partial charge in [-0.2, -0.15) is 0 Å². The summed E-state index contributed by atoms with van der Waals surface area (Å²) in [5, 5.41) is 0.579. The van der Waals surface area contributed by atoms with E-state index in [2.05, 4.69) is 15.9 Å². The first-order chi connectivity index (χ1) is 8.66. The number of hydrogen-bond donors (Lipinski definition) is 0. The lowest BCUT2D eigenvalue weighted by Gasteiger charge is -2.05. The van der Waals surface area contributed by atoms with E-state index in [0.717, 1.165) is 15.1 Å². The van der Waals surface area contributed by atoms with E-state index >= 15 is 0 Å². The van der Waals surface area contributed by atoms with Crippen molar-refractivity contribution < 1.29 is 9.53 Å². The van der Waals surface area contributed by atoms with E-state index in [-0.39, 0.29) is 11.7 Å². The number of thiophene rings is 1. The van der Waals surface area contributed by atoms with E-state index in [1.165, 1.54) is 11.3 Å². The second-order valence-electron chi connectivity index (χ2n) is 4.00. The molecule has 0 saturated heterocycles. The van der Waals surface area contributed by atoms with Crippen LogP contribution < -0.4 is 4.74 Å². The first-order valence-electron chi connectivity index (χ1n) is 5.37. The lowest BCUT2D eigenvalue weighted by molar-refractivity contribution is 0.0951. The van der Waals surface area contributed by atoms with Crippen molar-refractivity contribution in [3.05, 3.63) is 49.6 Å². The Morgan fingerprint density at radius 1 is 1.44 bits per heavy atom. The molecule has 2 aromatic rings. The monoisotopic (exact) mass is 342 g/mol. The Kier molecular flexibility index (Phi) is 3.18. The molecule has 3 rings (SSSR count). The van der Waals surface area contributed by atoms with Gasteiger partial charge in [-0.05, 0) is 28.1 Å². The number of ketones is 1. The minimum absolute atomic E-state index is 0.0672. The van der Waals surface area contributed by atoms with E-state index in [9.17, 15) is 4.79 Å². The van der Waals surface area contributed by atoms with Gasteiger partial charge in [0.1, 0.15) is 12.4 Å². The van der Waals surface area contributed by atoms with Crippen LogP contribution in [-0.2, 0) is 0 Å². The van der Waals surface area contributed by atoms with Crippen LogP contribution >= 0.6 is 38.9 Å². The van der Waals surface area contributed by atoms with Gasteiger partial charge in [-0.1, -0.05) is 29.8 Å². The van der Waals surface area contributed by atoms with Gasteiger partial charge in [-0.25, -0.2) is 0 Å². The Morgan fingerprint density at radius 3 is 2.94 bits per heavy atom. The summed E-state index contributed by atoms with van der Waals surface area (Å²) in [5.74, 6) is 0.651. The Morgan fingerprint density at radius 2 is 2.22 bits per heavy atom. The molecular weight excluding hydrogens is 336 g/mol. The quantitative estimate of drug-likeness (QED) is 0.749. The van der Waals surface area contributed by atoms with E-state index in [4.69, 9.17) is 16.3 Å². The normalized spacial score (nSPS) is 17.3. The minimum Gasteiger partial charge on any atom is -0.492 e. The second kappa shape index (κ2) is 4.68. The Balaban J connectivity index is 1.95. The van der Waals surface area contributed by atoms with Crippen molar-refractivity contribution in [1.82, 2.24) is 0 Å². The highest BCUT2D eigenvalue weighted by Gasteiger charge is 2.31. The van der Waals surface area contributed by atoms with E-state index < -0.39 is 0 Å². The van der Waals surface area contributed by atoms with Crippen LogP contribution in [0.3, 0.4) is 0 Å². The van der Waals surface area contributed by atoms with Crippen LogP contribution in [0.25, 0.3) is 0 Å². The van der Waals surface area contributed by atoms with Gasteiger partial charge < -0.3 is 4.74 Å². The molecule has 2 nitrogen and oxygen atoms in total. The molecule has 1 aromatic heterocycles. The maximum atomic E-state index is 12.4. The van der Waals surface area contributed by atoms with Crippen molar-refractivity contribution in [3.8, 4) is 5.75 Å². The number of carbonyl (C=O) groups excluding carboxylic acids is 1. The van der Waals surface area contributed by atoms with Crippen LogP contribution in [0, 0.1) is 0 Å². The summed E-state index contributed by atoms with van der Waals surface area (Å²) >= 11 is 10.7. The smallest absolute Gasteiger partial charge is 0.183 e. The molecule has 0 aliphatic carbocycles. The number of hydrogen-bond acceptors (Lipinski definition) is 3. The van der Waals surface area contributed by atoms with Gasteiger partial charge in [-0.3, -0.25) is 4.79 Å². The highest BCUT2D eigenvalue weighted by Crippen LogP contribution is 2.39. The number of ether oxygens (including phenoxy) is 1. The van der Waals surface area contributed by atoms with Crippen LogP contribution in [0.15, 0.2) is 34.1 Å². The van der Waals surface area contributed by atoms with Crippen molar-refractivity contribution in [2.24, 2.45) is 0 Å². The van der Waals surface area contributed by atoms with Crippen LogP contribution in [-0.4, -0.2) is 12.4 Å². The fourth-order valence-corrected chi connectivity index (χ4v) is 3.72. The zero-order chi connectivity index (χ0) is 12.7. The Hall–Kier alpha value is -0.840. The van der Waals surface area contributed by atoms with Gasteiger partial charge >= 0.3 is 0 Å². The summed E-state index contributed by atoms with van der Waals surface area (Å²) < 4.78 is 6.32. The van der Waals surface area contributed by atoms with Gasteiger partial charge in [0.05, 0.1) is 19.6 Å². The number of Topliss-reactive ketones (excluding diaryl/α,β-unsaturated/α-hetero) is 1. The number of fused-ring (bicyclic) bond motifs is 1. The van der Waals surface area contributed by atoms with Gasteiger partial charge in [0, 0.05) is 5.56 Å². The van der Waals surface area contributed by atoms with Gasteiger partial charge in [0.15, 0.2) is 5.78 Å². The average molecular weight is 344 g/mol. The Bertz CT molecular complexity index is 604. The molecule has 5 heteroatoms. The number of halogens is 2. The van der Waals surface area contributed by atoms with Crippen molar-refractivity contribution >= 4 is 44.7 Å². The SMILES string of the molecule is O=C(c1cc(Cl)c(Br)s1)C1COc2ccccc21. The predicted octanol–water partition coefficient (Wildman–Crippen LogP) is 4.52. The van der Waals surface area contributed by atoms with E-state index in [1.807, 2.05) is 24.3 Å². The highest BCUT2D eigenvalue weighted by molar-refractivity contribution is 9.11. The van der Waals surface area contributed by atoms with Gasteiger partial charge in [-0.15, -0.1) is 11.3 Å². The second-order valence-corrected chi connectivity index (χ2v) is 6.78. The summed E-state index contributed by atoms with van der Waals surface area (Å²) in [7, 11) is 0. The molecule has 1 unspecified atom stereocenters. The van der Waals surface area contributed by atoms with E-state index in [1.54, 1.807) is 6.07 Å². The lowest BCUT2D eigenvalue weighted by atomic mass is 9.96.